The second kappa shape index (κ2) is 8.83. The van der Waals surface area contributed by atoms with Crippen molar-refractivity contribution in [1.29, 1.82) is 0 Å². The van der Waals surface area contributed by atoms with Crippen LogP contribution in [0.4, 0.5) is 10.8 Å². The van der Waals surface area contributed by atoms with Gasteiger partial charge >= 0.3 is 0 Å². The first-order valence-electron chi connectivity index (χ1n) is 8.19. The molecule has 3 rings (SSSR count). The zero-order valence-corrected chi connectivity index (χ0v) is 16.4. The lowest BCUT2D eigenvalue weighted by Crippen LogP contribution is -2.22. The van der Waals surface area contributed by atoms with Gasteiger partial charge < -0.3 is 15.1 Å². The normalized spacial score (nSPS) is 11.8. The van der Waals surface area contributed by atoms with E-state index in [1.165, 1.54) is 30.0 Å². The molecule has 1 atom stereocenters. The van der Waals surface area contributed by atoms with E-state index in [2.05, 4.69) is 20.8 Å². The molecule has 9 heteroatoms. The fourth-order valence-corrected chi connectivity index (χ4v) is 4.03. The summed E-state index contributed by atoms with van der Waals surface area (Å²) in [4.78, 5) is 23.6. The lowest BCUT2D eigenvalue weighted by molar-refractivity contribution is -0.115. The van der Waals surface area contributed by atoms with Crippen LogP contribution >= 0.6 is 23.1 Å². The molecule has 0 bridgehead atoms. The zero-order chi connectivity index (χ0) is 19.2. The van der Waals surface area contributed by atoms with Crippen molar-refractivity contribution in [3.8, 4) is 0 Å². The van der Waals surface area contributed by atoms with Crippen LogP contribution in [-0.2, 0) is 11.3 Å². The monoisotopic (exact) mass is 402 g/mol. The molecule has 27 heavy (non-hydrogen) atoms. The highest BCUT2D eigenvalue weighted by Gasteiger charge is 2.17. The fourth-order valence-electron chi connectivity index (χ4n) is 2.14. The first kappa shape index (κ1) is 19.1. The van der Waals surface area contributed by atoms with E-state index in [1.54, 1.807) is 37.5 Å². The van der Waals surface area contributed by atoms with Crippen molar-refractivity contribution >= 4 is 45.6 Å². The maximum absolute atomic E-state index is 12.4. The van der Waals surface area contributed by atoms with Crippen molar-refractivity contribution in [3.63, 3.8) is 0 Å². The molecule has 0 aliphatic rings. The molecular weight excluding hydrogens is 384 g/mol. The molecule has 7 nitrogen and oxygen atoms in total. The van der Waals surface area contributed by atoms with Gasteiger partial charge in [0, 0.05) is 11.3 Å². The molecule has 2 heterocycles. The van der Waals surface area contributed by atoms with Crippen LogP contribution in [0, 0.1) is 0 Å². The van der Waals surface area contributed by atoms with Crippen LogP contribution in [0.2, 0.25) is 0 Å². The minimum atomic E-state index is -0.344. The number of anilines is 2. The summed E-state index contributed by atoms with van der Waals surface area (Å²) in [6, 6.07) is 10.5. The summed E-state index contributed by atoms with van der Waals surface area (Å²) >= 11 is 2.72. The Morgan fingerprint density at radius 3 is 2.67 bits per heavy atom. The van der Waals surface area contributed by atoms with Crippen molar-refractivity contribution in [2.24, 2.45) is 0 Å². The number of hydrogen-bond donors (Lipinski definition) is 2. The second-order valence-corrected chi connectivity index (χ2v) is 8.25. The van der Waals surface area contributed by atoms with Gasteiger partial charge in [-0.15, -0.1) is 10.2 Å². The Morgan fingerprint density at radius 1 is 1.22 bits per heavy atom. The van der Waals surface area contributed by atoms with Gasteiger partial charge in [-0.1, -0.05) is 23.1 Å². The lowest BCUT2D eigenvalue weighted by Gasteiger charge is -2.10. The van der Waals surface area contributed by atoms with Crippen molar-refractivity contribution in [1.82, 2.24) is 10.2 Å². The summed E-state index contributed by atoms with van der Waals surface area (Å²) < 4.78 is 5.95. The van der Waals surface area contributed by atoms with Crippen LogP contribution in [0.5, 0.6) is 0 Å². The molecule has 3 aromatic rings. The van der Waals surface area contributed by atoms with Crippen LogP contribution in [0.3, 0.4) is 0 Å². The Bertz CT molecular complexity index is 907. The third kappa shape index (κ3) is 5.41. The van der Waals surface area contributed by atoms with E-state index in [0.29, 0.717) is 27.3 Å². The number of ketones is 1. The molecule has 0 aliphatic heterocycles. The number of aromatic nitrogens is 2. The van der Waals surface area contributed by atoms with E-state index in [-0.39, 0.29) is 16.9 Å². The van der Waals surface area contributed by atoms with Crippen LogP contribution in [0.15, 0.2) is 51.4 Å². The number of Topliss-reactive ketones (excluding diaryl/α,β-unsaturated/α-hetero) is 1. The molecule has 2 aromatic heterocycles. The van der Waals surface area contributed by atoms with E-state index in [4.69, 9.17) is 4.42 Å². The third-order valence-electron chi connectivity index (χ3n) is 3.61. The number of hydrogen-bond acceptors (Lipinski definition) is 8. The Labute approximate surface area is 164 Å². The molecule has 0 saturated heterocycles. The number of rotatable bonds is 8. The Kier molecular flexibility index (Phi) is 6.25. The van der Waals surface area contributed by atoms with Gasteiger partial charge in [0.2, 0.25) is 11.0 Å². The van der Waals surface area contributed by atoms with E-state index >= 15 is 0 Å². The predicted molar refractivity (Wildman–Crippen MR) is 106 cm³/mol. The average molecular weight is 403 g/mol. The first-order valence-corrected chi connectivity index (χ1v) is 9.89. The predicted octanol–water partition coefficient (Wildman–Crippen LogP) is 4.07. The molecule has 1 amide bonds. The first-order chi connectivity index (χ1) is 13.0. The minimum absolute atomic E-state index is 0.00969. The third-order valence-corrected chi connectivity index (χ3v) is 5.67. The van der Waals surface area contributed by atoms with Gasteiger partial charge in [0.15, 0.2) is 10.1 Å². The summed E-state index contributed by atoms with van der Waals surface area (Å²) in [6.45, 7) is 3.84. The number of thioether (sulfide) groups is 1. The molecule has 0 fully saturated rings. The molecule has 2 N–H and O–H groups in total. The highest BCUT2D eigenvalue weighted by Crippen LogP contribution is 2.29. The van der Waals surface area contributed by atoms with Crippen molar-refractivity contribution < 1.29 is 14.0 Å². The molecular formula is C18H18N4O3S2. The van der Waals surface area contributed by atoms with Crippen molar-refractivity contribution in [3.05, 3.63) is 54.0 Å². The quantitative estimate of drug-likeness (QED) is 0.433. The van der Waals surface area contributed by atoms with Crippen LogP contribution in [-0.4, -0.2) is 27.1 Å². The van der Waals surface area contributed by atoms with Gasteiger partial charge in [-0.05, 0) is 50.2 Å². The van der Waals surface area contributed by atoms with Gasteiger partial charge in [0.1, 0.15) is 5.76 Å². The summed E-state index contributed by atoms with van der Waals surface area (Å²) in [5.74, 6) is 0.656. The minimum Gasteiger partial charge on any atom is -0.467 e. The van der Waals surface area contributed by atoms with Gasteiger partial charge in [-0.3, -0.25) is 9.59 Å². The fraction of sp³-hybridized carbons (Fsp3) is 0.222. The topological polar surface area (TPSA) is 97.1 Å². The molecule has 0 aliphatic carbocycles. The Balaban J connectivity index is 1.51. The molecule has 1 unspecified atom stereocenters. The molecule has 140 valence electrons. The summed E-state index contributed by atoms with van der Waals surface area (Å²) in [6.07, 6.45) is 1.62. The van der Waals surface area contributed by atoms with Gasteiger partial charge in [-0.2, -0.15) is 0 Å². The number of nitrogens with one attached hydrogen (secondary N) is 2. The van der Waals surface area contributed by atoms with Crippen LogP contribution in [0.1, 0.15) is 30.0 Å². The second-order valence-electron chi connectivity index (χ2n) is 5.69. The Hall–Kier alpha value is -2.65. The van der Waals surface area contributed by atoms with E-state index < -0.39 is 0 Å². The van der Waals surface area contributed by atoms with Crippen LogP contribution < -0.4 is 10.6 Å². The average Bonchev–Trinajstić information content (AvgIpc) is 3.32. The zero-order valence-electron chi connectivity index (χ0n) is 14.8. The molecule has 1 aromatic carbocycles. The largest absolute Gasteiger partial charge is 0.467 e. The molecule has 0 spiro atoms. The lowest BCUT2D eigenvalue weighted by atomic mass is 10.1. The number of amides is 1. The number of nitrogens with zero attached hydrogens (tertiary/aromatic N) is 2. The summed E-state index contributed by atoms with van der Waals surface area (Å²) in [7, 11) is 0. The Morgan fingerprint density at radius 2 is 2.00 bits per heavy atom. The smallest absolute Gasteiger partial charge is 0.237 e. The maximum atomic E-state index is 12.4. The van der Waals surface area contributed by atoms with Gasteiger partial charge in [0.25, 0.3) is 0 Å². The van der Waals surface area contributed by atoms with E-state index in [9.17, 15) is 9.59 Å². The van der Waals surface area contributed by atoms with E-state index in [1.807, 2.05) is 12.1 Å². The number of furan rings is 1. The number of benzene rings is 1. The highest BCUT2D eigenvalue weighted by atomic mass is 32.2. The number of carbonyl (C=O) groups excluding carboxylic acids is 2. The molecule has 0 radical (unpaired) electrons. The summed E-state index contributed by atoms with van der Waals surface area (Å²) in [5.41, 5.74) is 1.26. The van der Waals surface area contributed by atoms with Crippen molar-refractivity contribution in [2.75, 3.05) is 10.6 Å². The SMILES string of the molecule is CC(=O)c1ccc(NC(=O)C(C)Sc2nnc(NCc3ccco3)s2)cc1. The van der Waals surface area contributed by atoms with Crippen molar-refractivity contribution in [2.45, 2.75) is 30.0 Å². The standard InChI is InChI=1S/C18H18N4O3S2/c1-11(23)13-5-7-14(8-6-13)20-16(24)12(2)26-18-22-21-17(27-18)19-10-15-4-3-9-25-15/h3-9,12H,10H2,1-2H3,(H,19,21)(H,20,24). The molecule has 0 saturated carbocycles. The maximum Gasteiger partial charge on any atom is 0.237 e. The van der Waals surface area contributed by atoms with Gasteiger partial charge in [-0.25, -0.2) is 0 Å². The highest BCUT2D eigenvalue weighted by molar-refractivity contribution is 8.02. The van der Waals surface area contributed by atoms with Gasteiger partial charge in [0.05, 0.1) is 18.1 Å². The van der Waals surface area contributed by atoms with E-state index in [0.717, 1.165) is 5.76 Å². The summed E-state index contributed by atoms with van der Waals surface area (Å²) in [5, 5.41) is 14.5. The number of carbonyl (C=O) groups is 2. The van der Waals surface area contributed by atoms with Crippen LogP contribution in [0.25, 0.3) is 0 Å².